The average Bonchev–Trinajstić information content (AvgIpc) is 1.94. The molecule has 0 fully saturated rings. The fourth-order valence-corrected chi connectivity index (χ4v) is 0.636. The van der Waals surface area contributed by atoms with Gasteiger partial charge in [-0.15, -0.1) is 0 Å². The smallest absolute Gasteiger partial charge is 0.205 e. The van der Waals surface area contributed by atoms with Crippen LogP contribution in [0.2, 0.25) is 0 Å². The molecule has 59 valence electrons. The quantitative estimate of drug-likeness (QED) is 0.558. The summed E-state index contributed by atoms with van der Waals surface area (Å²) < 4.78 is 48.1. The molecule has 0 bridgehead atoms. The summed E-state index contributed by atoms with van der Waals surface area (Å²) in [6, 6.07) is 3.53. The van der Waals surface area contributed by atoms with Gasteiger partial charge in [0.05, 0.1) is 5.56 Å². The standard InChI is InChI=1S/C7H3F4/c8-5-3-1-2-4(6(5)9)7(10)11/h1-2,7H. The summed E-state index contributed by atoms with van der Waals surface area (Å²) in [5.74, 6) is -2.90. The fourth-order valence-electron chi connectivity index (χ4n) is 0.636. The lowest BCUT2D eigenvalue weighted by Crippen LogP contribution is -1.93. The molecule has 0 aromatic heterocycles. The first-order valence-electron chi connectivity index (χ1n) is 2.76. The lowest BCUT2D eigenvalue weighted by molar-refractivity contribution is 0.145. The van der Waals surface area contributed by atoms with Gasteiger partial charge < -0.3 is 0 Å². The molecule has 0 saturated carbocycles. The lowest BCUT2D eigenvalue weighted by Gasteiger charge is -1.99. The topological polar surface area (TPSA) is 0 Å². The zero-order valence-electron chi connectivity index (χ0n) is 5.24. The number of rotatable bonds is 1. The van der Waals surface area contributed by atoms with E-state index in [1.165, 1.54) is 0 Å². The molecule has 0 nitrogen and oxygen atoms in total. The van der Waals surface area contributed by atoms with Crippen LogP contribution in [-0.2, 0) is 0 Å². The van der Waals surface area contributed by atoms with Crippen LogP contribution in [0, 0.1) is 17.7 Å². The Morgan fingerprint density at radius 3 is 2.36 bits per heavy atom. The minimum atomic E-state index is -2.99. The van der Waals surface area contributed by atoms with E-state index in [1.807, 2.05) is 6.07 Å². The van der Waals surface area contributed by atoms with Gasteiger partial charge in [-0.25, -0.2) is 17.6 Å². The number of halogens is 4. The van der Waals surface area contributed by atoms with Crippen molar-refractivity contribution in [2.45, 2.75) is 6.43 Å². The van der Waals surface area contributed by atoms with Gasteiger partial charge >= 0.3 is 0 Å². The van der Waals surface area contributed by atoms with Crippen molar-refractivity contribution >= 4 is 0 Å². The van der Waals surface area contributed by atoms with Crippen LogP contribution in [0.15, 0.2) is 12.1 Å². The first-order valence-corrected chi connectivity index (χ1v) is 2.76. The Balaban J connectivity index is 3.17. The van der Waals surface area contributed by atoms with Crippen molar-refractivity contribution in [3.63, 3.8) is 0 Å². The highest BCUT2D eigenvalue weighted by Gasteiger charge is 2.15. The van der Waals surface area contributed by atoms with Gasteiger partial charge in [-0.05, 0) is 6.07 Å². The Morgan fingerprint density at radius 2 is 1.91 bits per heavy atom. The van der Waals surface area contributed by atoms with E-state index in [4.69, 9.17) is 0 Å². The molecule has 1 rings (SSSR count). The van der Waals surface area contributed by atoms with E-state index < -0.39 is 23.6 Å². The highest BCUT2D eigenvalue weighted by atomic mass is 19.3. The van der Waals surface area contributed by atoms with Gasteiger partial charge in [0.2, 0.25) is 0 Å². The molecule has 4 heteroatoms. The minimum Gasteiger partial charge on any atom is -0.205 e. The molecule has 1 aromatic carbocycles. The van der Waals surface area contributed by atoms with Crippen molar-refractivity contribution in [2.24, 2.45) is 0 Å². The number of benzene rings is 1. The highest BCUT2D eigenvalue weighted by Crippen LogP contribution is 2.22. The van der Waals surface area contributed by atoms with Crippen LogP contribution < -0.4 is 0 Å². The summed E-state index contributed by atoms with van der Waals surface area (Å²) >= 11 is 0. The summed E-state index contributed by atoms with van der Waals surface area (Å²) in [7, 11) is 0. The van der Waals surface area contributed by atoms with E-state index in [2.05, 4.69) is 0 Å². The summed E-state index contributed by atoms with van der Waals surface area (Å²) in [5, 5.41) is 0. The predicted molar refractivity (Wildman–Crippen MR) is 30.2 cm³/mol. The van der Waals surface area contributed by atoms with Gasteiger partial charge in [-0.1, -0.05) is 6.07 Å². The van der Waals surface area contributed by atoms with Gasteiger partial charge in [0.15, 0.2) is 11.6 Å². The van der Waals surface area contributed by atoms with Gasteiger partial charge in [-0.2, -0.15) is 0 Å². The summed E-state index contributed by atoms with van der Waals surface area (Å²) in [6.45, 7) is 0. The molecule has 0 aliphatic carbocycles. The lowest BCUT2D eigenvalue weighted by atomic mass is 10.2. The van der Waals surface area contributed by atoms with E-state index >= 15 is 0 Å². The number of alkyl halides is 2. The Kier molecular flexibility index (Phi) is 2.12. The normalized spacial score (nSPS) is 10.6. The van der Waals surface area contributed by atoms with Gasteiger partial charge in [0.1, 0.15) is 0 Å². The van der Waals surface area contributed by atoms with Crippen LogP contribution in [0.1, 0.15) is 12.0 Å². The van der Waals surface area contributed by atoms with Crippen molar-refractivity contribution in [3.05, 3.63) is 35.4 Å². The third-order valence-corrected chi connectivity index (χ3v) is 1.15. The highest BCUT2D eigenvalue weighted by molar-refractivity contribution is 5.18. The number of hydrogen-bond donors (Lipinski definition) is 0. The Labute approximate surface area is 60.5 Å². The maximum Gasteiger partial charge on any atom is 0.266 e. The van der Waals surface area contributed by atoms with Crippen LogP contribution in [-0.4, -0.2) is 0 Å². The maximum absolute atomic E-state index is 12.4. The Morgan fingerprint density at radius 1 is 1.27 bits per heavy atom. The maximum atomic E-state index is 12.4. The van der Waals surface area contributed by atoms with Crippen LogP contribution in [0.25, 0.3) is 0 Å². The molecule has 0 saturated heterocycles. The van der Waals surface area contributed by atoms with Crippen molar-refractivity contribution < 1.29 is 17.6 Å². The molecule has 0 spiro atoms. The molecule has 0 amide bonds. The molecule has 1 radical (unpaired) electrons. The van der Waals surface area contributed by atoms with Crippen molar-refractivity contribution in [1.29, 1.82) is 0 Å². The monoisotopic (exact) mass is 163 g/mol. The minimum absolute atomic E-state index is 0.795. The molecular formula is C7H3F4. The van der Waals surface area contributed by atoms with Crippen molar-refractivity contribution in [2.75, 3.05) is 0 Å². The van der Waals surface area contributed by atoms with E-state index in [0.29, 0.717) is 0 Å². The molecule has 0 N–H and O–H groups in total. The Bertz CT molecular complexity index is 257. The zero-order valence-corrected chi connectivity index (χ0v) is 5.24. The first kappa shape index (κ1) is 8.04. The van der Waals surface area contributed by atoms with Crippen LogP contribution in [0.3, 0.4) is 0 Å². The molecule has 0 aliphatic heterocycles. The summed E-state index contributed by atoms with van der Waals surface area (Å²) in [4.78, 5) is 0. The van der Waals surface area contributed by atoms with Gasteiger partial charge in [0.25, 0.3) is 6.43 Å². The summed E-state index contributed by atoms with van der Waals surface area (Å²) in [6.07, 6.45) is -2.99. The third-order valence-electron chi connectivity index (χ3n) is 1.15. The second-order valence-corrected chi connectivity index (χ2v) is 1.86. The predicted octanol–water partition coefficient (Wildman–Crippen LogP) is 2.70. The number of hydrogen-bond acceptors (Lipinski definition) is 0. The molecule has 11 heavy (non-hydrogen) atoms. The molecule has 0 aliphatic rings. The van der Waals surface area contributed by atoms with Gasteiger partial charge in [-0.3, -0.25) is 0 Å². The summed E-state index contributed by atoms with van der Waals surface area (Å²) in [5.41, 5.74) is -0.929. The molecule has 0 atom stereocenters. The molecule has 1 aromatic rings. The second kappa shape index (κ2) is 2.90. The van der Waals surface area contributed by atoms with Crippen LogP contribution in [0.4, 0.5) is 17.6 Å². The largest absolute Gasteiger partial charge is 0.266 e. The molecular weight excluding hydrogens is 160 g/mol. The fraction of sp³-hybridized carbons (Fsp3) is 0.143. The first-order chi connectivity index (χ1) is 5.13. The van der Waals surface area contributed by atoms with Crippen LogP contribution >= 0.6 is 0 Å². The zero-order chi connectivity index (χ0) is 8.43. The van der Waals surface area contributed by atoms with Crippen molar-refractivity contribution in [3.8, 4) is 0 Å². The molecule has 0 heterocycles. The van der Waals surface area contributed by atoms with E-state index in [0.717, 1.165) is 12.1 Å². The molecule has 0 unspecified atom stereocenters. The SMILES string of the molecule is Fc1[c]ccc(C(F)F)c1F. The van der Waals surface area contributed by atoms with E-state index in [-0.39, 0.29) is 0 Å². The second-order valence-electron chi connectivity index (χ2n) is 1.86. The van der Waals surface area contributed by atoms with Crippen LogP contribution in [0.5, 0.6) is 0 Å². The van der Waals surface area contributed by atoms with Gasteiger partial charge in [0, 0.05) is 6.07 Å². The van der Waals surface area contributed by atoms with E-state index in [9.17, 15) is 17.6 Å². The third kappa shape index (κ3) is 1.50. The van der Waals surface area contributed by atoms with Crippen molar-refractivity contribution in [1.82, 2.24) is 0 Å². The van der Waals surface area contributed by atoms with E-state index in [1.54, 1.807) is 0 Å². The average molecular weight is 163 g/mol. The Hall–Kier alpha value is -1.06.